The van der Waals surface area contributed by atoms with Gasteiger partial charge in [-0.1, -0.05) is 12.1 Å². The molecule has 1 saturated heterocycles. The second-order valence-electron chi connectivity index (χ2n) is 5.13. The number of thiophene rings is 1. The van der Waals surface area contributed by atoms with E-state index < -0.39 is 0 Å². The van der Waals surface area contributed by atoms with Gasteiger partial charge in [0.25, 0.3) is 5.91 Å². The van der Waals surface area contributed by atoms with E-state index in [0.29, 0.717) is 23.4 Å². The van der Waals surface area contributed by atoms with Crippen molar-refractivity contribution in [1.29, 1.82) is 0 Å². The summed E-state index contributed by atoms with van der Waals surface area (Å²) in [6.07, 6.45) is 0.590. The van der Waals surface area contributed by atoms with Gasteiger partial charge in [-0.25, -0.2) is 0 Å². The first-order valence-corrected chi connectivity index (χ1v) is 8.63. The molecule has 1 aromatic carbocycles. The fraction of sp³-hybridized carbons (Fsp3) is 0.188. The normalized spacial score (nSPS) is 14.4. The fourth-order valence-corrected chi connectivity index (χ4v) is 3.59. The zero-order valence-corrected chi connectivity index (χ0v) is 14.4. The molecule has 0 radical (unpaired) electrons. The fourth-order valence-electron chi connectivity index (χ4n) is 2.30. The maximum Gasteiger partial charge on any atom is 0.265 e. The molecule has 1 fully saturated rings. The van der Waals surface area contributed by atoms with Crippen LogP contribution in [-0.4, -0.2) is 22.6 Å². The lowest BCUT2D eigenvalue weighted by molar-refractivity contribution is -0.139. The van der Waals surface area contributed by atoms with E-state index in [2.05, 4.69) is 21.2 Å². The van der Waals surface area contributed by atoms with E-state index in [4.69, 9.17) is 0 Å². The molecule has 1 aromatic heterocycles. The van der Waals surface area contributed by atoms with Gasteiger partial charge in [0.15, 0.2) is 0 Å². The van der Waals surface area contributed by atoms with Crippen molar-refractivity contribution in [2.75, 3.05) is 5.32 Å². The van der Waals surface area contributed by atoms with Crippen LogP contribution in [0.4, 0.5) is 5.69 Å². The molecule has 0 spiro atoms. The van der Waals surface area contributed by atoms with E-state index in [-0.39, 0.29) is 24.3 Å². The Labute approximate surface area is 145 Å². The van der Waals surface area contributed by atoms with Crippen LogP contribution in [0.3, 0.4) is 0 Å². The number of imide groups is 1. The van der Waals surface area contributed by atoms with Crippen LogP contribution in [-0.2, 0) is 16.1 Å². The Hall–Kier alpha value is -1.99. The summed E-state index contributed by atoms with van der Waals surface area (Å²) in [6.45, 7) is 0.282. The van der Waals surface area contributed by atoms with Crippen molar-refractivity contribution in [2.24, 2.45) is 0 Å². The standard InChI is InChI=1S/C16H13BrN2O3S/c17-13-6-5-12(23-13)16(22)18-11-3-1-10(2-4-11)9-19-14(20)7-8-15(19)21/h1-6H,7-9H2,(H,18,22). The number of carbonyl (C=O) groups excluding carboxylic acids is 3. The summed E-state index contributed by atoms with van der Waals surface area (Å²) >= 11 is 4.69. The summed E-state index contributed by atoms with van der Waals surface area (Å²) in [5.74, 6) is -0.426. The largest absolute Gasteiger partial charge is 0.321 e. The van der Waals surface area contributed by atoms with Crippen molar-refractivity contribution in [3.05, 3.63) is 50.6 Å². The van der Waals surface area contributed by atoms with E-state index >= 15 is 0 Å². The summed E-state index contributed by atoms with van der Waals surface area (Å²) in [6, 6.07) is 10.7. The van der Waals surface area contributed by atoms with Crippen LogP contribution in [0.2, 0.25) is 0 Å². The highest BCUT2D eigenvalue weighted by molar-refractivity contribution is 9.11. The van der Waals surface area contributed by atoms with Crippen LogP contribution in [0.1, 0.15) is 28.1 Å². The molecule has 0 saturated carbocycles. The van der Waals surface area contributed by atoms with E-state index in [9.17, 15) is 14.4 Å². The highest BCUT2D eigenvalue weighted by atomic mass is 79.9. The number of hydrogen-bond acceptors (Lipinski definition) is 4. The SMILES string of the molecule is O=C(Nc1ccc(CN2C(=O)CCC2=O)cc1)c1ccc(Br)s1. The van der Waals surface area contributed by atoms with Crippen molar-refractivity contribution in [1.82, 2.24) is 4.90 Å². The Morgan fingerprint density at radius 1 is 1.09 bits per heavy atom. The van der Waals surface area contributed by atoms with Crippen molar-refractivity contribution < 1.29 is 14.4 Å². The number of carbonyl (C=O) groups is 3. The number of benzene rings is 1. The van der Waals surface area contributed by atoms with E-state index in [1.54, 1.807) is 30.3 Å². The average Bonchev–Trinajstić information content (AvgIpc) is 3.10. The minimum absolute atomic E-state index is 0.129. The Morgan fingerprint density at radius 3 is 2.30 bits per heavy atom. The van der Waals surface area contributed by atoms with Crippen LogP contribution in [0.15, 0.2) is 40.2 Å². The van der Waals surface area contributed by atoms with Gasteiger partial charge < -0.3 is 5.32 Å². The number of rotatable bonds is 4. The van der Waals surface area contributed by atoms with Gasteiger partial charge in [-0.15, -0.1) is 11.3 Å². The lowest BCUT2D eigenvalue weighted by Crippen LogP contribution is -2.28. The smallest absolute Gasteiger partial charge is 0.265 e. The summed E-state index contributed by atoms with van der Waals surface area (Å²) in [4.78, 5) is 37.2. The third-order valence-electron chi connectivity index (χ3n) is 3.50. The summed E-state index contributed by atoms with van der Waals surface area (Å²) in [7, 11) is 0. The third-order valence-corrected chi connectivity index (χ3v) is 5.13. The molecular formula is C16H13BrN2O3S. The Morgan fingerprint density at radius 2 is 1.74 bits per heavy atom. The second-order valence-corrected chi connectivity index (χ2v) is 7.59. The first kappa shape index (κ1) is 15.9. The Kier molecular flexibility index (Phi) is 4.58. The maximum absolute atomic E-state index is 12.1. The van der Waals surface area contributed by atoms with Crippen molar-refractivity contribution >= 4 is 50.7 Å². The predicted octanol–water partition coefficient (Wildman–Crippen LogP) is 3.41. The number of anilines is 1. The molecule has 1 aliphatic rings. The van der Waals surface area contributed by atoms with Crippen LogP contribution >= 0.6 is 27.3 Å². The number of hydrogen-bond donors (Lipinski definition) is 1. The molecule has 0 unspecified atom stereocenters. The molecule has 5 nitrogen and oxygen atoms in total. The molecule has 3 amide bonds. The highest BCUT2D eigenvalue weighted by Gasteiger charge is 2.28. The Balaban J connectivity index is 1.64. The summed E-state index contributed by atoms with van der Waals surface area (Å²) < 4.78 is 0.901. The second kappa shape index (κ2) is 6.64. The lowest BCUT2D eigenvalue weighted by Gasteiger charge is -2.14. The van der Waals surface area contributed by atoms with Gasteiger partial charge in [-0.3, -0.25) is 19.3 Å². The summed E-state index contributed by atoms with van der Waals surface area (Å²) in [5.41, 5.74) is 1.52. The van der Waals surface area contributed by atoms with Crippen LogP contribution in [0, 0.1) is 0 Å². The first-order chi connectivity index (χ1) is 11.0. The minimum Gasteiger partial charge on any atom is -0.321 e. The van der Waals surface area contributed by atoms with E-state index in [1.807, 2.05) is 6.07 Å². The van der Waals surface area contributed by atoms with Gasteiger partial charge in [0, 0.05) is 18.5 Å². The van der Waals surface area contributed by atoms with Gasteiger partial charge in [0.2, 0.25) is 11.8 Å². The van der Waals surface area contributed by atoms with Crippen molar-refractivity contribution in [3.63, 3.8) is 0 Å². The zero-order valence-electron chi connectivity index (χ0n) is 12.0. The number of likely N-dealkylation sites (tertiary alicyclic amines) is 1. The molecule has 1 aliphatic heterocycles. The number of nitrogens with zero attached hydrogens (tertiary/aromatic N) is 1. The first-order valence-electron chi connectivity index (χ1n) is 7.02. The van der Waals surface area contributed by atoms with Gasteiger partial charge in [-0.2, -0.15) is 0 Å². The summed E-state index contributed by atoms with van der Waals surface area (Å²) in [5, 5.41) is 2.81. The lowest BCUT2D eigenvalue weighted by atomic mass is 10.2. The molecule has 1 N–H and O–H groups in total. The molecule has 7 heteroatoms. The minimum atomic E-state index is -0.168. The number of amides is 3. The zero-order chi connectivity index (χ0) is 16.4. The van der Waals surface area contributed by atoms with Gasteiger partial charge in [-0.05, 0) is 45.8 Å². The molecule has 3 rings (SSSR count). The van der Waals surface area contributed by atoms with Gasteiger partial charge >= 0.3 is 0 Å². The van der Waals surface area contributed by atoms with Crippen LogP contribution in [0.25, 0.3) is 0 Å². The van der Waals surface area contributed by atoms with Gasteiger partial charge in [0.05, 0.1) is 15.2 Å². The van der Waals surface area contributed by atoms with Crippen molar-refractivity contribution in [3.8, 4) is 0 Å². The van der Waals surface area contributed by atoms with Crippen LogP contribution < -0.4 is 5.32 Å². The van der Waals surface area contributed by atoms with Gasteiger partial charge in [0.1, 0.15) is 0 Å². The maximum atomic E-state index is 12.1. The highest BCUT2D eigenvalue weighted by Crippen LogP contribution is 2.23. The van der Waals surface area contributed by atoms with Crippen LogP contribution in [0.5, 0.6) is 0 Å². The molecule has 0 bridgehead atoms. The monoisotopic (exact) mass is 392 g/mol. The molecule has 0 atom stereocenters. The number of nitrogens with one attached hydrogen (secondary N) is 1. The predicted molar refractivity (Wildman–Crippen MR) is 91.2 cm³/mol. The molecule has 0 aliphatic carbocycles. The topological polar surface area (TPSA) is 66.5 Å². The van der Waals surface area contributed by atoms with E-state index in [0.717, 1.165) is 9.35 Å². The molecular weight excluding hydrogens is 380 g/mol. The van der Waals surface area contributed by atoms with Crippen molar-refractivity contribution in [2.45, 2.75) is 19.4 Å². The molecule has 23 heavy (non-hydrogen) atoms. The molecule has 118 valence electrons. The Bertz CT molecular complexity index is 754. The quantitative estimate of drug-likeness (QED) is 0.810. The average molecular weight is 393 g/mol. The van der Waals surface area contributed by atoms with E-state index in [1.165, 1.54) is 16.2 Å². The third kappa shape index (κ3) is 3.68. The number of halogens is 1. The molecule has 2 heterocycles. The molecule has 2 aromatic rings.